The van der Waals surface area contributed by atoms with Gasteiger partial charge < -0.3 is 9.88 Å². The maximum atomic E-state index is 12.4. The first-order valence-electron chi connectivity index (χ1n) is 7.91. The summed E-state index contributed by atoms with van der Waals surface area (Å²) in [6.07, 6.45) is 4.38. The summed E-state index contributed by atoms with van der Waals surface area (Å²) in [5.74, 6) is 0.0208. The molecule has 3 aromatic rings. The van der Waals surface area contributed by atoms with Crippen LogP contribution in [0.2, 0.25) is 5.02 Å². The molecule has 1 N–H and O–H groups in total. The van der Waals surface area contributed by atoms with Crippen LogP contribution in [0.4, 0.5) is 0 Å². The number of carbonyl (C=O) groups excluding carboxylic acids is 1. The summed E-state index contributed by atoms with van der Waals surface area (Å²) in [6.45, 7) is 0.503. The molecule has 0 saturated carbocycles. The van der Waals surface area contributed by atoms with Crippen molar-refractivity contribution < 1.29 is 4.79 Å². The molecule has 0 aliphatic carbocycles. The fourth-order valence-electron chi connectivity index (χ4n) is 2.68. The number of nitrogens with one attached hydrogen (secondary N) is 1. The number of carbonyl (C=O) groups is 1. The molecular weight excluding hydrogens is 320 g/mol. The third-order valence-corrected chi connectivity index (χ3v) is 4.21. The third-order valence-electron chi connectivity index (χ3n) is 3.95. The lowest BCUT2D eigenvalue weighted by molar-refractivity contribution is -0.121. The van der Waals surface area contributed by atoms with Crippen LogP contribution in [-0.2, 0) is 11.3 Å². The molecule has 122 valence electrons. The molecule has 3 nitrogen and oxygen atoms in total. The van der Waals surface area contributed by atoms with E-state index < -0.39 is 0 Å². The third kappa shape index (κ3) is 4.27. The van der Waals surface area contributed by atoms with Crippen LogP contribution in [0.3, 0.4) is 0 Å². The minimum atomic E-state index is -0.00795. The topological polar surface area (TPSA) is 34.0 Å². The van der Waals surface area contributed by atoms with Crippen LogP contribution in [0.1, 0.15) is 23.6 Å². The van der Waals surface area contributed by atoms with Gasteiger partial charge in [-0.1, -0.05) is 54.1 Å². The maximum absolute atomic E-state index is 12.4. The zero-order chi connectivity index (χ0) is 16.8. The second kappa shape index (κ2) is 7.84. The van der Waals surface area contributed by atoms with Gasteiger partial charge in [0.15, 0.2) is 0 Å². The quantitative estimate of drug-likeness (QED) is 0.708. The lowest BCUT2D eigenvalue weighted by Gasteiger charge is -2.19. The summed E-state index contributed by atoms with van der Waals surface area (Å²) in [5.41, 5.74) is 2.15. The Morgan fingerprint density at radius 3 is 2.29 bits per heavy atom. The molecule has 4 heteroatoms. The standard InChI is InChI=1S/C20H19ClN2O/c21-18-10-8-16(9-11-18)15-22-20(24)14-19(23-12-4-5-13-23)17-6-2-1-3-7-17/h1-13,19H,14-15H2,(H,22,24). The van der Waals surface area contributed by atoms with Gasteiger partial charge in [-0.15, -0.1) is 0 Å². The van der Waals surface area contributed by atoms with Crippen molar-refractivity contribution in [3.63, 3.8) is 0 Å². The first-order chi connectivity index (χ1) is 11.7. The Kier molecular flexibility index (Phi) is 5.34. The Balaban J connectivity index is 1.66. The summed E-state index contributed by atoms with van der Waals surface area (Å²) in [4.78, 5) is 12.4. The normalized spacial score (nSPS) is 11.9. The van der Waals surface area contributed by atoms with Crippen molar-refractivity contribution in [1.82, 2.24) is 9.88 Å². The van der Waals surface area contributed by atoms with Crippen molar-refractivity contribution in [1.29, 1.82) is 0 Å². The highest BCUT2D eigenvalue weighted by Gasteiger charge is 2.16. The highest BCUT2D eigenvalue weighted by atomic mass is 35.5. The first kappa shape index (κ1) is 16.3. The number of benzene rings is 2. The molecule has 24 heavy (non-hydrogen) atoms. The number of rotatable bonds is 6. The predicted molar refractivity (Wildman–Crippen MR) is 96.9 cm³/mol. The van der Waals surface area contributed by atoms with E-state index in [9.17, 15) is 4.79 Å². The molecule has 0 spiro atoms. The number of hydrogen-bond acceptors (Lipinski definition) is 1. The zero-order valence-electron chi connectivity index (χ0n) is 13.2. The van der Waals surface area contributed by atoms with Gasteiger partial charge >= 0.3 is 0 Å². The van der Waals surface area contributed by atoms with E-state index in [1.54, 1.807) is 0 Å². The van der Waals surface area contributed by atoms with Crippen LogP contribution in [0.15, 0.2) is 79.1 Å². The van der Waals surface area contributed by atoms with E-state index in [2.05, 4.69) is 22.0 Å². The van der Waals surface area contributed by atoms with Crippen molar-refractivity contribution >= 4 is 17.5 Å². The van der Waals surface area contributed by atoms with Gasteiger partial charge in [-0.3, -0.25) is 4.79 Å². The van der Waals surface area contributed by atoms with Crippen LogP contribution < -0.4 is 5.32 Å². The Labute approximate surface area is 146 Å². The van der Waals surface area contributed by atoms with Crippen LogP contribution in [0.5, 0.6) is 0 Å². The van der Waals surface area contributed by atoms with E-state index in [4.69, 9.17) is 11.6 Å². The molecule has 3 rings (SSSR count). The molecule has 0 bridgehead atoms. The maximum Gasteiger partial charge on any atom is 0.222 e. The van der Waals surface area contributed by atoms with Crippen LogP contribution in [0.25, 0.3) is 0 Å². The molecule has 1 heterocycles. The number of halogens is 1. The molecule has 1 aromatic heterocycles. The summed E-state index contributed by atoms with van der Waals surface area (Å²) in [5, 5.41) is 3.68. The average Bonchev–Trinajstić information content (AvgIpc) is 3.14. The predicted octanol–water partition coefficient (Wildman–Crippen LogP) is 4.44. The summed E-state index contributed by atoms with van der Waals surface area (Å²) < 4.78 is 2.07. The van der Waals surface area contributed by atoms with Crippen molar-refractivity contribution in [2.24, 2.45) is 0 Å². The van der Waals surface area contributed by atoms with Gasteiger partial charge in [0.25, 0.3) is 0 Å². The number of aromatic nitrogens is 1. The zero-order valence-corrected chi connectivity index (χ0v) is 14.0. The molecule has 2 aromatic carbocycles. The van der Waals surface area contributed by atoms with Gasteiger partial charge in [0, 0.05) is 24.0 Å². The lowest BCUT2D eigenvalue weighted by Crippen LogP contribution is -2.26. The largest absolute Gasteiger partial charge is 0.352 e. The van der Waals surface area contributed by atoms with E-state index in [0.29, 0.717) is 18.0 Å². The van der Waals surface area contributed by atoms with Crippen LogP contribution >= 0.6 is 11.6 Å². The van der Waals surface area contributed by atoms with Crippen LogP contribution in [0, 0.1) is 0 Å². The number of nitrogens with zero attached hydrogens (tertiary/aromatic N) is 1. The monoisotopic (exact) mass is 338 g/mol. The second-order valence-corrected chi connectivity index (χ2v) is 6.10. The number of amides is 1. The lowest BCUT2D eigenvalue weighted by atomic mass is 10.0. The van der Waals surface area contributed by atoms with Gasteiger partial charge in [0.2, 0.25) is 5.91 Å². The molecule has 0 radical (unpaired) electrons. The highest BCUT2D eigenvalue weighted by Crippen LogP contribution is 2.22. The SMILES string of the molecule is O=C(CC(c1ccccc1)n1cccc1)NCc1ccc(Cl)cc1. The molecule has 0 aliphatic rings. The smallest absolute Gasteiger partial charge is 0.222 e. The van der Waals surface area contributed by atoms with Crippen molar-refractivity contribution in [3.05, 3.63) is 95.3 Å². The van der Waals surface area contributed by atoms with Gasteiger partial charge in [-0.05, 0) is 35.4 Å². The van der Waals surface area contributed by atoms with Crippen molar-refractivity contribution in [2.75, 3.05) is 0 Å². The van der Waals surface area contributed by atoms with Gasteiger partial charge in [-0.25, -0.2) is 0 Å². The summed E-state index contributed by atoms with van der Waals surface area (Å²) >= 11 is 5.88. The summed E-state index contributed by atoms with van der Waals surface area (Å²) in [6, 6.07) is 21.5. The Morgan fingerprint density at radius 2 is 1.62 bits per heavy atom. The minimum Gasteiger partial charge on any atom is -0.352 e. The fraction of sp³-hybridized carbons (Fsp3) is 0.150. The van der Waals surface area contributed by atoms with Gasteiger partial charge in [0.05, 0.1) is 12.5 Å². The molecule has 0 aliphatic heterocycles. The van der Waals surface area contributed by atoms with Gasteiger partial charge in [0.1, 0.15) is 0 Å². The highest BCUT2D eigenvalue weighted by molar-refractivity contribution is 6.30. The van der Waals surface area contributed by atoms with Crippen molar-refractivity contribution in [2.45, 2.75) is 19.0 Å². The molecule has 1 amide bonds. The molecule has 1 unspecified atom stereocenters. The van der Waals surface area contributed by atoms with E-state index in [1.807, 2.05) is 67.0 Å². The second-order valence-electron chi connectivity index (χ2n) is 5.66. The number of hydrogen-bond donors (Lipinski definition) is 1. The van der Waals surface area contributed by atoms with E-state index in [0.717, 1.165) is 11.1 Å². The first-order valence-corrected chi connectivity index (χ1v) is 8.29. The van der Waals surface area contributed by atoms with Crippen LogP contribution in [-0.4, -0.2) is 10.5 Å². The fourth-order valence-corrected chi connectivity index (χ4v) is 2.80. The molecule has 1 atom stereocenters. The average molecular weight is 339 g/mol. The Morgan fingerprint density at radius 1 is 0.958 bits per heavy atom. The molecule has 0 saturated heterocycles. The minimum absolute atomic E-state index is 0.00795. The Hall–Kier alpha value is -2.52. The Bertz CT molecular complexity index is 767. The molecular formula is C20H19ClN2O. The van der Waals surface area contributed by atoms with Crippen molar-refractivity contribution in [3.8, 4) is 0 Å². The molecule has 0 fully saturated rings. The van der Waals surface area contributed by atoms with E-state index in [1.165, 1.54) is 0 Å². The van der Waals surface area contributed by atoms with E-state index >= 15 is 0 Å². The van der Waals surface area contributed by atoms with Gasteiger partial charge in [-0.2, -0.15) is 0 Å². The summed E-state index contributed by atoms with van der Waals surface area (Å²) in [7, 11) is 0. The van der Waals surface area contributed by atoms with E-state index in [-0.39, 0.29) is 11.9 Å².